The van der Waals surface area contributed by atoms with Crippen molar-refractivity contribution in [2.24, 2.45) is 11.8 Å². The van der Waals surface area contributed by atoms with Gasteiger partial charge >= 0.3 is 0 Å². The van der Waals surface area contributed by atoms with Crippen LogP contribution in [0, 0.1) is 25.7 Å². The van der Waals surface area contributed by atoms with Gasteiger partial charge in [0, 0.05) is 28.7 Å². The van der Waals surface area contributed by atoms with Crippen LogP contribution in [0.1, 0.15) is 34.6 Å². The number of aromatic nitrogens is 1. The maximum absolute atomic E-state index is 13.1. The molecule has 0 unspecified atom stereocenters. The molecule has 1 aromatic heterocycles. The van der Waals surface area contributed by atoms with Crippen LogP contribution in [0.4, 0.5) is 0 Å². The first-order valence-electron chi connectivity index (χ1n) is 10.1. The summed E-state index contributed by atoms with van der Waals surface area (Å²) in [7, 11) is 0. The number of Topliss-reactive ketones (excluding diaryl/α,β-unsaturated/α-hetero) is 1. The van der Waals surface area contributed by atoms with Crippen molar-refractivity contribution in [3.63, 3.8) is 0 Å². The van der Waals surface area contributed by atoms with E-state index in [1.165, 1.54) is 0 Å². The van der Waals surface area contributed by atoms with Crippen LogP contribution >= 0.6 is 0 Å². The number of fused-ring (bicyclic) bond motifs is 2. The van der Waals surface area contributed by atoms with E-state index in [2.05, 4.69) is 0 Å². The van der Waals surface area contributed by atoms with E-state index in [0.29, 0.717) is 29.9 Å². The molecule has 2 amide bonds. The number of carbonyl (C=O) groups is 3. The highest BCUT2D eigenvalue weighted by Gasteiger charge is 2.47. The second-order valence-corrected chi connectivity index (χ2v) is 8.00. The van der Waals surface area contributed by atoms with Gasteiger partial charge in [0.15, 0.2) is 17.3 Å². The maximum atomic E-state index is 13.1. The first-order chi connectivity index (χ1) is 14.5. The van der Waals surface area contributed by atoms with Gasteiger partial charge in [-0.15, -0.1) is 0 Å². The molecule has 0 bridgehead atoms. The lowest BCUT2D eigenvalue weighted by Gasteiger charge is -2.14. The molecular weight excluding hydrogens is 384 g/mol. The van der Waals surface area contributed by atoms with Crippen LogP contribution in [-0.2, 0) is 9.59 Å². The zero-order chi connectivity index (χ0) is 21.0. The first-order valence-corrected chi connectivity index (χ1v) is 10.1. The third-order valence-corrected chi connectivity index (χ3v) is 6.25. The summed E-state index contributed by atoms with van der Waals surface area (Å²) in [5.74, 6) is 0.0209. The minimum Gasteiger partial charge on any atom is -0.454 e. The number of imide groups is 1. The quantitative estimate of drug-likeness (QED) is 0.443. The molecular formula is C23H22N2O5. The second kappa shape index (κ2) is 6.86. The van der Waals surface area contributed by atoms with Gasteiger partial charge in [-0.3, -0.25) is 19.3 Å². The van der Waals surface area contributed by atoms with E-state index in [1.54, 1.807) is 0 Å². The maximum Gasteiger partial charge on any atom is 0.233 e. The van der Waals surface area contributed by atoms with Crippen molar-refractivity contribution in [2.75, 3.05) is 13.3 Å². The normalized spacial score (nSPS) is 22.0. The number of nitrogens with zero attached hydrogens (tertiary/aromatic N) is 2. The van der Waals surface area contributed by atoms with Gasteiger partial charge < -0.3 is 14.0 Å². The van der Waals surface area contributed by atoms with Crippen LogP contribution in [0.15, 0.2) is 36.4 Å². The molecule has 3 heterocycles. The van der Waals surface area contributed by atoms with E-state index in [1.807, 2.05) is 54.8 Å². The monoisotopic (exact) mass is 406 g/mol. The molecule has 154 valence electrons. The van der Waals surface area contributed by atoms with E-state index >= 15 is 0 Å². The summed E-state index contributed by atoms with van der Waals surface area (Å²) < 4.78 is 12.8. The number of rotatable bonds is 4. The highest BCUT2D eigenvalue weighted by Crippen LogP contribution is 2.36. The van der Waals surface area contributed by atoms with Crippen LogP contribution in [0.25, 0.3) is 5.69 Å². The van der Waals surface area contributed by atoms with Gasteiger partial charge in [0.1, 0.15) is 0 Å². The van der Waals surface area contributed by atoms with Crippen LogP contribution in [0.5, 0.6) is 11.5 Å². The summed E-state index contributed by atoms with van der Waals surface area (Å²) in [6.45, 7) is 3.76. The molecule has 3 aliphatic rings. The molecule has 0 N–H and O–H groups in total. The zero-order valence-electron chi connectivity index (χ0n) is 16.9. The van der Waals surface area contributed by atoms with E-state index in [9.17, 15) is 14.4 Å². The molecule has 2 aromatic rings. The Labute approximate surface area is 173 Å². The molecule has 30 heavy (non-hydrogen) atoms. The highest BCUT2D eigenvalue weighted by molar-refractivity contribution is 6.10. The summed E-state index contributed by atoms with van der Waals surface area (Å²) in [5.41, 5.74) is 3.01. The van der Waals surface area contributed by atoms with Crippen LogP contribution in [0.2, 0.25) is 0 Å². The van der Waals surface area contributed by atoms with Crippen LogP contribution in [0.3, 0.4) is 0 Å². The summed E-state index contributed by atoms with van der Waals surface area (Å²) in [4.78, 5) is 39.6. The van der Waals surface area contributed by atoms with Crippen LogP contribution < -0.4 is 9.47 Å². The number of aryl methyl sites for hydroxylation is 1. The van der Waals surface area contributed by atoms with Crippen molar-refractivity contribution in [3.8, 4) is 17.2 Å². The average molecular weight is 406 g/mol. The fourth-order valence-corrected chi connectivity index (χ4v) is 4.72. The summed E-state index contributed by atoms with van der Waals surface area (Å²) >= 11 is 0. The Morgan fingerprint density at radius 2 is 1.67 bits per heavy atom. The predicted octanol–water partition coefficient (Wildman–Crippen LogP) is 2.96. The van der Waals surface area contributed by atoms with E-state index in [0.717, 1.165) is 22.0 Å². The second-order valence-electron chi connectivity index (χ2n) is 8.00. The lowest BCUT2D eigenvalue weighted by atomic mass is 9.85. The number of benzene rings is 1. The molecule has 2 atom stereocenters. The fraction of sp³-hybridized carbons (Fsp3) is 0.348. The lowest BCUT2D eigenvalue weighted by molar-refractivity contribution is -0.139. The Bertz CT molecular complexity index is 1090. The van der Waals surface area contributed by atoms with Crippen molar-refractivity contribution in [1.29, 1.82) is 0 Å². The predicted molar refractivity (Wildman–Crippen MR) is 108 cm³/mol. The number of likely N-dealkylation sites (tertiary alicyclic amines) is 1. The molecule has 5 rings (SSSR count). The minimum absolute atomic E-state index is 0.196. The number of ketones is 1. The number of carbonyl (C=O) groups excluding carboxylic acids is 3. The summed E-state index contributed by atoms with van der Waals surface area (Å²) in [5, 5.41) is 0. The van der Waals surface area contributed by atoms with Gasteiger partial charge in [0.2, 0.25) is 18.6 Å². The molecule has 2 aliphatic heterocycles. The largest absolute Gasteiger partial charge is 0.454 e. The van der Waals surface area contributed by atoms with Crippen molar-refractivity contribution in [2.45, 2.75) is 26.7 Å². The molecule has 0 saturated carbocycles. The average Bonchev–Trinajstić information content (AvgIpc) is 3.39. The van der Waals surface area contributed by atoms with Crippen molar-refractivity contribution in [1.82, 2.24) is 9.47 Å². The summed E-state index contributed by atoms with van der Waals surface area (Å²) in [6, 6.07) is 7.44. The number of hydrogen-bond acceptors (Lipinski definition) is 5. The van der Waals surface area contributed by atoms with Gasteiger partial charge in [0.25, 0.3) is 0 Å². The Balaban J connectivity index is 1.42. The Morgan fingerprint density at radius 1 is 1.00 bits per heavy atom. The van der Waals surface area contributed by atoms with Gasteiger partial charge in [-0.05, 0) is 44.9 Å². The molecule has 0 spiro atoms. The Kier molecular flexibility index (Phi) is 4.27. The molecule has 7 heteroatoms. The summed E-state index contributed by atoms with van der Waals surface area (Å²) in [6.07, 6.45) is 5.02. The van der Waals surface area contributed by atoms with E-state index in [-0.39, 0.29) is 42.8 Å². The number of amides is 2. The minimum atomic E-state index is -0.323. The molecule has 7 nitrogen and oxygen atoms in total. The molecule has 1 saturated heterocycles. The number of ether oxygens (including phenoxy) is 2. The third-order valence-electron chi connectivity index (χ3n) is 6.25. The van der Waals surface area contributed by atoms with Crippen molar-refractivity contribution < 1.29 is 23.9 Å². The molecule has 1 fully saturated rings. The highest BCUT2D eigenvalue weighted by atomic mass is 16.7. The van der Waals surface area contributed by atoms with Gasteiger partial charge in [-0.2, -0.15) is 0 Å². The molecule has 0 radical (unpaired) electrons. The van der Waals surface area contributed by atoms with E-state index < -0.39 is 0 Å². The van der Waals surface area contributed by atoms with Crippen molar-refractivity contribution >= 4 is 17.6 Å². The third kappa shape index (κ3) is 2.76. The smallest absolute Gasteiger partial charge is 0.233 e. The number of allylic oxidation sites excluding steroid dienone is 2. The Hall–Kier alpha value is -3.35. The first kappa shape index (κ1) is 18.7. The zero-order valence-corrected chi connectivity index (χ0v) is 16.9. The van der Waals surface area contributed by atoms with Crippen LogP contribution in [-0.4, -0.2) is 40.4 Å². The standard InChI is InChI=1S/C23H22N2O5/c1-13-9-18(14(2)25(13)15-7-8-20-21(10-15)30-12-29-20)19(26)11-24-22(27)16-5-3-4-6-17(16)23(24)28/h3-4,7-10,16-17H,5-6,11-12H2,1-2H3/t16-,17-/m1/s1. The molecule has 1 aliphatic carbocycles. The van der Waals surface area contributed by atoms with Gasteiger partial charge in [-0.25, -0.2) is 0 Å². The fourth-order valence-electron chi connectivity index (χ4n) is 4.72. The van der Waals surface area contributed by atoms with Crippen molar-refractivity contribution in [3.05, 3.63) is 53.4 Å². The number of hydrogen-bond donors (Lipinski definition) is 0. The SMILES string of the molecule is Cc1cc(C(=O)CN2C(=O)[C@@H]3CC=CC[C@H]3C2=O)c(C)n1-c1ccc2c(c1)OCO2. The molecule has 1 aromatic carbocycles. The topological polar surface area (TPSA) is 77.8 Å². The Morgan fingerprint density at radius 3 is 2.37 bits per heavy atom. The lowest BCUT2D eigenvalue weighted by Crippen LogP contribution is -2.36. The van der Waals surface area contributed by atoms with Gasteiger partial charge in [-0.1, -0.05) is 12.2 Å². The van der Waals surface area contributed by atoms with Gasteiger partial charge in [0.05, 0.1) is 18.4 Å². The van der Waals surface area contributed by atoms with E-state index in [4.69, 9.17) is 9.47 Å².